The van der Waals surface area contributed by atoms with Gasteiger partial charge >= 0.3 is 0 Å². The summed E-state index contributed by atoms with van der Waals surface area (Å²) in [7, 11) is 1.51. The number of nitrogens with zero attached hydrogens (tertiary/aromatic N) is 1. The van der Waals surface area contributed by atoms with Crippen molar-refractivity contribution in [2.45, 2.75) is 12.5 Å². The molecule has 0 fully saturated rings. The monoisotopic (exact) mass is 411 g/mol. The first kappa shape index (κ1) is 20.5. The number of aliphatic imine (C=N–C) groups is 1. The minimum Gasteiger partial charge on any atom is -0.504 e. The van der Waals surface area contributed by atoms with E-state index in [2.05, 4.69) is 15.6 Å². The number of halogens is 1. The molecule has 3 aromatic rings. The molecule has 0 radical (unpaired) electrons. The van der Waals surface area contributed by atoms with Crippen molar-refractivity contribution < 1.29 is 14.6 Å². The fraction of sp³-hybridized carbons (Fsp3) is 0.136. The second-order valence-electron chi connectivity index (χ2n) is 6.38. The molecule has 1 unspecified atom stereocenters. The van der Waals surface area contributed by atoms with Crippen LogP contribution in [0.4, 0.5) is 11.4 Å². The Bertz CT molecular complexity index is 983. The van der Waals surface area contributed by atoms with Gasteiger partial charge < -0.3 is 25.2 Å². The zero-order chi connectivity index (χ0) is 19.4. The molecule has 6 nitrogen and oxygen atoms in total. The molecule has 3 N–H and O–H groups in total. The van der Waals surface area contributed by atoms with Crippen LogP contribution in [0.2, 0.25) is 0 Å². The van der Waals surface area contributed by atoms with E-state index >= 15 is 0 Å². The first-order chi connectivity index (χ1) is 13.7. The molecule has 7 heteroatoms. The summed E-state index contributed by atoms with van der Waals surface area (Å²) in [5.41, 5.74) is 3.26. The van der Waals surface area contributed by atoms with Crippen LogP contribution < -0.4 is 15.4 Å². The number of ether oxygens (including phenoxy) is 2. The van der Waals surface area contributed by atoms with Crippen LogP contribution in [-0.4, -0.2) is 18.6 Å². The molecule has 1 heterocycles. The molecule has 150 valence electrons. The lowest BCUT2D eigenvalue weighted by Crippen LogP contribution is -2.39. The minimum absolute atomic E-state index is 0. The third-order valence-corrected chi connectivity index (χ3v) is 4.53. The Labute approximate surface area is 175 Å². The molecule has 0 saturated heterocycles. The number of nitrogens with one attached hydrogen (secondary N) is 2. The molecule has 1 aliphatic rings. The second kappa shape index (κ2) is 8.86. The Hall–Kier alpha value is -3.22. The van der Waals surface area contributed by atoms with Gasteiger partial charge in [-0.25, -0.2) is 4.99 Å². The maximum absolute atomic E-state index is 10.4. The van der Waals surface area contributed by atoms with E-state index in [9.17, 15) is 5.11 Å². The van der Waals surface area contributed by atoms with Crippen LogP contribution in [0.15, 0.2) is 77.8 Å². The number of benzene rings is 3. The van der Waals surface area contributed by atoms with Crippen LogP contribution in [0.1, 0.15) is 11.1 Å². The second-order valence-corrected chi connectivity index (χ2v) is 6.38. The van der Waals surface area contributed by atoms with Gasteiger partial charge in [0.05, 0.1) is 31.3 Å². The van der Waals surface area contributed by atoms with Crippen molar-refractivity contribution in [2.75, 3.05) is 17.7 Å². The van der Waals surface area contributed by atoms with Crippen molar-refractivity contribution in [1.29, 1.82) is 0 Å². The average Bonchev–Trinajstić information content (AvgIpc) is 2.74. The lowest BCUT2D eigenvalue weighted by atomic mass is 10.0. The highest BCUT2D eigenvalue weighted by atomic mass is 35.5. The predicted octanol–water partition coefficient (Wildman–Crippen LogP) is 4.72. The molecule has 0 saturated carbocycles. The van der Waals surface area contributed by atoms with Gasteiger partial charge in [0.25, 0.3) is 5.85 Å². The lowest BCUT2D eigenvalue weighted by molar-refractivity contribution is -0.0336. The Morgan fingerprint density at radius 2 is 1.72 bits per heavy atom. The largest absolute Gasteiger partial charge is 0.504 e. The van der Waals surface area contributed by atoms with Crippen molar-refractivity contribution >= 4 is 30.1 Å². The molecular formula is C22H22ClN3O3. The maximum atomic E-state index is 10.4. The van der Waals surface area contributed by atoms with Gasteiger partial charge in [0.2, 0.25) is 0 Å². The first-order valence-corrected chi connectivity index (χ1v) is 8.93. The highest BCUT2D eigenvalue weighted by Crippen LogP contribution is 2.42. The van der Waals surface area contributed by atoms with E-state index in [-0.39, 0.29) is 18.2 Å². The minimum atomic E-state index is -1.21. The number of hydrogen-bond donors (Lipinski definition) is 3. The Balaban J connectivity index is 0.00000240. The van der Waals surface area contributed by atoms with Crippen molar-refractivity contribution in [3.05, 3.63) is 83.9 Å². The summed E-state index contributed by atoms with van der Waals surface area (Å²) >= 11 is 0. The molecule has 0 bridgehead atoms. The number of rotatable bonds is 6. The summed E-state index contributed by atoms with van der Waals surface area (Å²) in [5.74, 6) is -0.817. The van der Waals surface area contributed by atoms with Crippen molar-refractivity contribution in [3.8, 4) is 11.5 Å². The predicted molar refractivity (Wildman–Crippen MR) is 117 cm³/mol. The Morgan fingerprint density at radius 3 is 2.41 bits per heavy atom. The quantitative estimate of drug-likeness (QED) is 0.404. The summed E-state index contributed by atoms with van der Waals surface area (Å²) in [6, 6.07) is 22.9. The van der Waals surface area contributed by atoms with E-state index in [4.69, 9.17) is 9.47 Å². The molecule has 4 rings (SSSR count). The smallest absolute Gasteiger partial charge is 0.268 e. The molecule has 0 amide bonds. The van der Waals surface area contributed by atoms with E-state index in [1.807, 2.05) is 60.7 Å². The molecule has 29 heavy (non-hydrogen) atoms. The average molecular weight is 412 g/mol. The summed E-state index contributed by atoms with van der Waals surface area (Å²) in [6.45, 7) is 0.338. The summed E-state index contributed by atoms with van der Waals surface area (Å²) < 4.78 is 11.5. The molecule has 1 atom stereocenters. The van der Waals surface area contributed by atoms with Gasteiger partial charge in [-0.2, -0.15) is 0 Å². The molecular weight excluding hydrogens is 390 g/mol. The SMILES string of the molecule is COc1cc2c(cc1O)C(Nc1ccccc1)(OCc1ccccc1)N=CN2.Cl. The van der Waals surface area contributed by atoms with Crippen LogP contribution in [0.25, 0.3) is 0 Å². The van der Waals surface area contributed by atoms with Gasteiger partial charge in [-0.1, -0.05) is 48.5 Å². The van der Waals surface area contributed by atoms with E-state index in [0.29, 0.717) is 17.9 Å². The Morgan fingerprint density at radius 1 is 1.03 bits per heavy atom. The molecule has 3 aromatic carbocycles. The van der Waals surface area contributed by atoms with Crippen LogP contribution in [-0.2, 0) is 17.2 Å². The van der Waals surface area contributed by atoms with E-state index in [0.717, 1.165) is 16.9 Å². The lowest BCUT2D eigenvalue weighted by Gasteiger charge is -2.36. The highest BCUT2D eigenvalue weighted by Gasteiger charge is 2.38. The van der Waals surface area contributed by atoms with Gasteiger partial charge in [0.1, 0.15) is 0 Å². The van der Waals surface area contributed by atoms with E-state index in [1.54, 1.807) is 18.5 Å². The summed E-state index contributed by atoms with van der Waals surface area (Å²) in [6.07, 6.45) is 1.58. The number of aromatic hydroxyl groups is 1. The fourth-order valence-electron chi connectivity index (χ4n) is 3.12. The maximum Gasteiger partial charge on any atom is 0.268 e. The van der Waals surface area contributed by atoms with Gasteiger partial charge in [-0.3, -0.25) is 0 Å². The number of methoxy groups -OCH3 is 1. The topological polar surface area (TPSA) is 75.1 Å². The van der Waals surface area contributed by atoms with Crippen LogP contribution in [0, 0.1) is 0 Å². The number of hydrogen-bond acceptors (Lipinski definition) is 6. The zero-order valence-corrected chi connectivity index (χ0v) is 16.6. The first-order valence-electron chi connectivity index (χ1n) is 8.93. The normalized spacial score (nSPS) is 16.9. The number of fused-ring (bicyclic) bond motifs is 1. The number of anilines is 2. The summed E-state index contributed by atoms with van der Waals surface area (Å²) in [4.78, 5) is 4.59. The van der Waals surface area contributed by atoms with Crippen LogP contribution >= 0.6 is 12.4 Å². The van der Waals surface area contributed by atoms with Gasteiger partial charge in [0.15, 0.2) is 11.5 Å². The summed E-state index contributed by atoms with van der Waals surface area (Å²) in [5, 5.41) is 16.8. The Kier molecular flexibility index (Phi) is 6.26. The number of phenols is 1. The number of phenolic OH excluding ortho intramolecular Hbond substituents is 1. The van der Waals surface area contributed by atoms with Gasteiger partial charge in [-0.15, -0.1) is 12.4 Å². The molecule has 0 aliphatic carbocycles. The third-order valence-electron chi connectivity index (χ3n) is 4.53. The zero-order valence-electron chi connectivity index (χ0n) is 15.8. The van der Waals surface area contributed by atoms with E-state index < -0.39 is 5.85 Å². The highest BCUT2D eigenvalue weighted by molar-refractivity contribution is 5.85. The molecule has 0 aromatic heterocycles. The van der Waals surface area contributed by atoms with Gasteiger partial charge in [0, 0.05) is 11.8 Å². The molecule has 1 aliphatic heterocycles. The van der Waals surface area contributed by atoms with Crippen molar-refractivity contribution in [3.63, 3.8) is 0 Å². The number of para-hydroxylation sites is 1. The molecule has 0 spiro atoms. The fourth-order valence-corrected chi connectivity index (χ4v) is 3.12. The van der Waals surface area contributed by atoms with Crippen molar-refractivity contribution in [2.24, 2.45) is 4.99 Å². The van der Waals surface area contributed by atoms with Crippen molar-refractivity contribution in [1.82, 2.24) is 0 Å². The van der Waals surface area contributed by atoms with E-state index in [1.165, 1.54) is 7.11 Å². The van der Waals surface area contributed by atoms with Crippen LogP contribution in [0.3, 0.4) is 0 Å². The standard InChI is InChI=1S/C22H21N3O3.ClH/c1-27-21-13-19-18(12-20(21)26)22(24-15-23-19,25-17-10-6-3-7-11-17)28-14-16-8-4-2-5-9-16;/h2-13,15,25-26H,14H2,1H3,(H,23,24);1H. The van der Waals surface area contributed by atoms with Crippen LogP contribution in [0.5, 0.6) is 11.5 Å². The third kappa shape index (κ3) is 4.29. The van der Waals surface area contributed by atoms with Gasteiger partial charge in [-0.05, 0) is 23.8 Å².